The van der Waals surface area contributed by atoms with Crippen LogP contribution in [0.15, 0.2) is 31.1 Å². The molecule has 0 aliphatic rings. The maximum absolute atomic E-state index is 11.8. The van der Waals surface area contributed by atoms with Crippen molar-refractivity contribution in [2.24, 2.45) is 0 Å². The van der Waals surface area contributed by atoms with E-state index in [9.17, 15) is 4.79 Å². The molecule has 0 saturated heterocycles. The summed E-state index contributed by atoms with van der Waals surface area (Å²) >= 11 is 0. The molecule has 0 aliphatic carbocycles. The first-order valence-corrected chi connectivity index (χ1v) is 5.85. The van der Waals surface area contributed by atoms with E-state index in [4.69, 9.17) is 4.74 Å². The minimum Gasteiger partial charge on any atom is -0.385 e. The van der Waals surface area contributed by atoms with Gasteiger partial charge >= 0.3 is 0 Å². The summed E-state index contributed by atoms with van der Waals surface area (Å²) in [6, 6.07) is 1.77. The molecule has 0 fully saturated rings. The summed E-state index contributed by atoms with van der Waals surface area (Å²) in [5.74, 6) is -0.124. The number of anilines is 1. The Labute approximate surface area is 107 Å². The fourth-order valence-corrected chi connectivity index (χ4v) is 1.37. The topological polar surface area (TPSA) is 63.2 Å². The molecular weight excluding hydrogens is 230 g/mol. The normalized spacial score (nSPS) is 9.83. The van der Waals surface area contributed by atoms with E-state index in [1.54, 1.807) is 31.6 Å². The van der Waals surface area contributed by atoms with Crippen molar-refractivity contribution in [2.45, 2.75) is 6.42 Å². The first-order chi connectivity index (χ1) is 8.77. The van der Waals surface area contributed by atoms with Crippen LogP contribution in [0.1, 0.15) is 16.8 Å². The number of hydrogen-bond donors (Lipinski definition) is 2. The SMILES string of the molecule is C=CCNc1cncc(C(=O)NCCCOC)c1. The van der Waals surface area contributed by atoms with Gasteiger partial charge < -0.3 is 15.4 Å². The Morgan fingerprint density at radius 1 is 1.56 bits per heavy atom. The average molecular weight is 249 g/mol. The van der Waals surface area contributed by atoms with Crippen LogP contribution in [0.3, 0.4) is 0 Å². The molecule has 0 aromatic carbocycles. The summed E-state index contributed by atoms with van der Waals surface area (Å²) < 4.78 is 4.91. The highest BCUT2D eigenvalue weighted by Gasteiger charge is 2.05. The molecule has 0 unspecified atom stereocenters. The molecule has 0 aliphatic heterocycles. The Kier molecular flexibility index (Phi) is 6.50. The molecule has 0 spiro atoms. The zero-order chi connectivity index (χ0) is 13.2. The van der Waals surface area contributed by atoms with Crippen LogP contribution in [-0.2, 0) is 4.74 Å². The van der Waals surface area contributed by atoms with Crippen molar-refractivity contribution in [1.82, 2.24) is 10.3 Å². The van der Waals surface area contributed by atoms with Crippen LogP contribution in [0.25, 0.3) is 0 Å². The molecule has 2 N–H and O–H groups in total. The number of amides is 1. The summed E-state index contributed by atoms with van der Waals surface area (Å²) in [6.45, 7) is 5.49. The van der Waals surface area contributed by atoms with E-state index in [1.807, 2.05) is 0 Å². The van der Waals surface area contributed by atoms with E-state index in [0.717, 1.165) is 12.1 Å². The van der Waals surface area contributed by atoms with Gasteiger partial charge in [0, 0.05) is 39.2 Å². The van der Waals surface area contributed by atoms with Gasteiger partial charge in [0.15, 0.2) is 0 Å². The quantitative estimate of drug-likeness (QED) is 0.540. The Morgan fingerprint density at radius 3 is 3.11 bits per heavy atom. The zero-order valence-electron chi connectivity index (χ0n) is 10.6. The maximum atomic E-state index is 11.8. The van der Waals surface area contributed by atoms with E-state index in [0.29, 0.717) is 25.3 Å². The summed E-state index contributed by atoms with van der Waals surface area (Å²) in [5.41, 5.74) is 1.35. The van der Waals surface area contributed by atoms with Gasteiger partial charge in [-0.25, -0.2) is 0 Å². The molecule has 1 aromatic heterocycles. The lowest BCUT2D eigenvalue weighted by Crippen LogP contribution is -2.25. The summed E-state index contributed by atoms with van der Waals surface area (Å²) in [6.07, 6.45) is 5.76. The van der Waals surface area contributed by atoms with Gasteiger partial charge in [0.2, 0.25) is 0 Å². The Morgan fingerprint density at radius 2 is 2.39 bits per heavy atom. The standard InChI is InChI=1S/C13H19N3O2/c1-3-5-15-12-8-11(9-14-10-12)13(17)16-6-4-7-18-2/h3,8-10,15H,1,4-7H2,2H3,(H,16,17). The second-order valence-corrected chi connectivity index (χ2v) is 3.73. The number of ether oxygens (including phenoxy) is 1. The van der Waals surface area contributed by atoms with Crippen molar-refractivity contribution in [2.75, 3.05) is 32.1 Å². The molecule has 5 heteroatoms. The van der Waals surface area contributed by atoms with Crippen LogP contribution in [0.2, 0.25) is 0 Å². The molecule has 0 radical (unpaired) electrons. The number of nitrogens with zero attached hydrogens (tertiary/aromatic N) is 1. The van der Waals surface area contributed by atoms with Crippen LogP contribution in [-0.4, -0.2) is 37.7 Å². The van der Waals surface area contributed by atoms with Crippen LogP contribution in [0, 0.1) is 0 Å². The molecule has 1 amide bonds. The van der Waals surface area contributed by atoms with Crippen LogP contribution in [0.5, 0.6) is 0 Å². The highest BCUT2D eigenvalue weighted by atomic mass is 16.5. The Hall–Kier alpha value is -1.88. The van der Waals surface area contributed by atoms with E-state index in [2.05, 4.69) is 22.2 Å². The van der Waals surface area contributed by atoms with Crippen molar-refractivity contribution in [1.29, 1.82) is 0 Å². The zero-order valence-corrected chi connectivity index (χ0v) is 10.6. The smallest absolute Gasteiger partial charge is 0.252 e. The number of aromatic nitrogens is 1. The summed E-state index contributed by atoms with van der Waals surface area (Å²) in [4.78, 5) is 15.8. The number of nitrogens with one attached hydrogen (secondary N) is 2. The van der Waals surface area contributed by atoms with E-state index >= 15 is 0 Å². The number of pyridine rings is 1. The Balaban J connectivity index is 2.48. The van der Waals surface area contributed by atoms with Crippen molar-refractivity contribution in [3.05, 3.63) is 36.7 Å². The van der Waals surface area contributed by atoms with Gasteiger partial charge in [-0.15, -0.1) is 6.58 Å². The summed E-state index contributed by atoms with van der Waals surface area (Å²) in [7, 11) is 1.64. The molecule has 0 atom stereocenters. The van der Waals surface area contributed by atoms with Gasteiger partial charge in [-0.1, -0.05) is 6.08 Å². The van der Waals surface area contributed by atoms with Crippen molar-refractivity contribution < 1.29 is 9.53 Å². The molecule has 0 bridgehead atoms. The minimum absolute atomic E-state index is 0.124. The number of carbonyl (C=O) groups is 1. The number of carbonyl (C=O) groups excluding carboxylic acids is 1. The first-order valence-electron chi connectivity index (χ1n) is 5.85. The maximum Gasteiger partial charge on any atom is 0.252 e. The largest absolute Gasteiger partial charge is 0.385 e. The summed E-state index contributed by atoms with van der Waals surface area (Å²) in [5, 5.41) is 5.90. The van der Waals surface area contributed by atoms with Crippen LogP contribution >= 0.6 is 0 Å². The van der Waals surface area contributed by atoms with Gasteiger partial charge in [0.25, 0.3) is 5.91 Å². The average Bonchev–Trinajstić information content (AvgIpc) is 2.41. The lowest BCUT2D eigenvalue weighted by molar-refractivity contribution is 0.0948. The molecule has 1 heterocycles. The van der Waals surface area contributed by atoms with E-state index in [1.165, 1.54) is 0 Å². The van der Waals surface area contributed by atoms with Crippen LogP contribution < -0.4 is 10.6 Å². The van der Waals surface area contributed by atoms with Gasteiger partial charge in [0.05, 0.1) is 11.3 Å². The lowest BCUT2D eigenvalue weighted by Gasteiger charge is -2.07. The first kappa shape index (κ1) is 14.2. The third-order valence-electron chi connectivity index (χ3n) is 2.26. The number of rotatable bonds is 8. The number of hydrogen-bond acceptors (Lipinski definition) is 4. The van der Waals surface area contributed by atoms with Gasteiger partial charge in [-0.05, 0) is 12.5 Å². The third-order valence-corrected chi connectivity index (χ3v) is 2.26. The van der Waals surface area contributed by atoms with E-state index < -0.39 is 0 Å². The molecule has 0 saturated carbocycles. The fraction of sp³-hybridized carbons (Fsp3) is 0.385. The second-order valence-electron chi connectivity index (χ2n) is 3.73. The predicted molar refractivity (Wildman–Crippen MR) is 71.7 cm³/mol. The molecule has 98 valence electrons. The van der Waals surface area contributed by atoms with Gasteiger partial charge in [-0.2, -0.15) is 0 Å². The third kappa shape index (κ3) is 4.97. The molecule has 1 rings (SSSR count). The highest BCUT2D eigenvalue weighted by molar-refractivity contribution is 5.94. The predicted octanol–water partition coefficient (Wildman–Crippen LogP) is 1.45. The van der Waals surface area contributed by atoms with E-state index in [-0.39, 0.29) is 5.91 Å². The molecule has 5 nitrogen and oxygen atoms in total. The monoisotopic (exact) mass is 249 g/mol. The van der Waals surface area contributed by atoms with Crippen molar-refractivity contribution in [3.8, 4) is 0 Å². The van der Waals surface area contributed by atoms with Crippen molar-refractivity contribution >= 4 is 11.6 Å². The minimum atomic E-state index is -0.124. The van der Waals surface area contributed by atoms with Gasteiger partial charge in [-0.3, -0.25) is 9.78 Å². The highest BCUT2D eigenvalue weighted by Crippen LogP contribution is 2.07. The van der Waals surface area contributed by atoms with Gasteiger partial charge in [0.1, 0.15) is 0 Å². The fourth-order valence-electron chi connectivity index (χ4n) is 1.37. The van der Waals surface area contributed by atoms with Crippen LogP contribution in [0.4, 0.5) is 5.69 Å². The second kappa shape index (κ2) is 8.25. The van der Waals surface area contributed by atoms with Crippen molar-refractivity contribution in [3.63, 3.8) is 0 Å². The lowest BCUT2D eigenvalue weighted by atomic mass is 10.2. The molecule has 18 heavy (non-hydrogen) atoms. The molecule has 1 aromatic rings. The number of methoxy groups -OCH3 is 1. The molecular formula is C13H19N3O2. The Bertz CT molecular complexity index is 394.